The molecule has 192 valence electrons. The van der Waals surface area contributed by atoms with Crippen molar-refractivity contribution < 1.29 is 9.59 Å². The predicted molar refractivity (Wildman–Crippen MR) is 152 cm³/mol. The van der Waals surface area contributed by atoms with E-state index >= 15 is 0 Å². The van der Waals surface area contributed by atoms with E-state index in [9.17, 15) is 9.59 Å². The van der Waals surface area contributed by atoms with Gasteiger partial charge in [-0.05, 0) is 61.2 Å². The van der Waals surface area contributed by atoms with Crippen LogP contribution >= 0.6 is 11.8 Å². The molecular weight excluding hydrogens is 496 g/mol. The monoisotopic (exact) mass is 524 g/mol. The summed E-state index contributed by atoms with van der Waals surface area (Å²) in [6, 6.07) is 16.4. The van der Waals surface area contributed by atoms with Gasteiger partial charge in [-0.3, -0.25) is 15.0 Å². The summed E-state index contributed by atoms with van der Waals surface area (Å²) in [5.41, 5.74) is 4.51. The Morgan fingerprint density at radius 3 is 2.66 bits per heavy atom. The van der Waals surface area contributed by atoms with Gasteiger partial charge >= 0.3 is 0 Å². The van der Waals surface area contributed by atoms with E-state index in [1.54, 1.807) is 6.08 Å². The molecule has 3 aliphatic heterocycles. The fourth-order valence-corrected chi connectivity index (χ4v) is 6.01. The maximum atomic E-state index is 13.0. The number of aliphatic imine (C=N–C) groups is 1. The Morgan fingerprint density at radius 1 is 1.08 bits per heavy atom. The van der Waals surface area contributed by atoms with Crippen LogP contribution in [0.25, 0.3) is 17.0 Å². The van der Waals surface area contributed by atoms with Gasteiger partial charge in [-0.2, -0.15) is 15.1 Å². The van der Waals surface area contributed by atoms with E-state index < -0.39 is 5.91 Å². The molecule has 2 amide bonds. The number of aromatic nitrogens is 1. The fourth-order valence-electron chi connectivity index (χ4n) is 5.14. The van der Waals surface area contributed by atoms with E-state index in [1.165, 1.54) is 27.9 Å². The molecule has 0 aliphatic carbocycles. The third kappa shape index (κ3) is 4.58. The molecule has 1 saturated heterocycles. The average molecular weight is 525 g/mol. The van der Waals surface area contributed by atoms with Crippen LogP contribution in [0.15, 0.2) is 70.4 Å². The molecule has 0 spiro atoms. The number of hydrogen-bond acceptors (Lipinski definition) is 5. The summed E-state index contributed by atoms with van der Waals surface area (Å²) in [6.07, 6.45) is 7.13. The summed E-state index contributed by atoms with van der Waals surface area (Å²) in [6.45, 7) is 4.36. The Hall–Kier alpha value is -3.98. The Bertz CT molecular complexity index is 1560. The van der Waals surface area contributed by atoms with Crippen LogP contribution in [-0.2, 0) is 16.1 Å². The molecule has 0 bridgehead atoms. The van der Waals surface area contributed by atoms with E-state index in [0.29, 0.717) is 16.8 Å². The standard InChI is InChI=1S/C29H28N6O2S/c1-19-9-3-4-10-20(19)17-34-18-21(22-11-5-6-12-24(22)34)15-23-27(30)35-29(31-28(23)37)38-25(32-35)16-26(36)33-13-7-2-8-14-33/h3-6,9-12,15,18,30H,2,7-8,13-14,16-17H2,1H3. The Kier molecular flexibility index (Phi) is 6.45. The maximum Gasteiger partial charge on any atom is 0.283 e. The zero-order valence-electron chi connectivity index (χ0n) is 21.2. The average Bonchev–Trinajstić information content (AvgIpc) is 3.49. The van der Waals surface area contributed by atoms with Gasteiger partial charge in [0.25, 0.3) is 5.91 Å². The van der Waals surface area contributed by atoms with Gasteiger partial charge in [0.15, 0.2) is 5.84 Å². The topological polar surface area (TPSA) is 94.1 Å². The van der Waals surface area contributed by atoms with Gasteiger partial charge < -0.3 is 9.47 Å². The molecule has 0 saturated carbocycles. The number of carbonyl (C=O) groups is 2. The molecule has 0 radical (unpaired) electrons. The molecule has 1 fully saturated rings. The molecule has 1 N–H and O–H groups in total. The summed E-state index contributed by atoms with van der Waals surface area (Å²) in [7, 11) is 0. The van der Waals surface area contributed by atoms with Crippen molar-refractivity contribution in [2.24, 2.45) is 10.1 Å². The van der Waals surface area contributed by atoms with Crippen LogP contribution in [0.3, 0.4) is 0 Å². The molecule has 6 rings (SSSR count). The largest absolute Gasteiger partial charge is 0.342 e. The highest BCUT2D eigenvalue weighted by Crippen LogP contribution is 2.31. The third-order valence-corrected chi connectivity index (χ3v) is 8.14. The molecule has 0 atom stereocenters. The van der Waals surface area contributed by atoms with Crippen molar-refractivity contribution in [3.8, 4) is 0 Å². The highest BCUT2D eigenvalue weighted by molar-refractivity contribution is 8.27. The van der Waals surface area contributed by atoms with E-state index in [1.807, 2.05) is 41.4 Å². The highest BCUT2D eigenvalue weighted by atomic mass is 32.2. The smallest absolute Gasteiger partial charge is 0.283 e. The number of nitrogens with one attached hydrogen (secondary N) is 1. The first-order chi connectivity index (χ1) is 18.5. The van der Waals surface area contributed by atoms with E-state index in [0.717, 1.165) is 48.8 Å². The van der Waals surface area contributed by atoms with Crippen molar-refractivity contribution in [2.45, 2.75) is 39.2 Å². The molecule has 2 aromatic carbocycles. The Morgan fingerprint density at radius 2 is 1.84 bits per heavy atom. The van der Waals surface area contributed by atoms with Crippen LogP contribution < -0.4 is 0 Å². The van der Waals surface area contributed by atoms with E-state index in [-0.39, 0.29) is 23.7 Å². The van der Waals surface area contributed by atoms with Crippen molar-refractivity contribution in [3.63, 3.8) is 0 Å². The number of piperidine rings is 1. The summed E-state index contributed by atoms with van der Waals surface area (Å²) in [4.78, 5) is 31.9. The van der Waals surface area contributed by atoms with Crippen molar-refractivity contribution in [1.29, 1.82) is 5.41 Å². The van der Waals surface area contributed by atoms with Gasteiger partial charge in [0.2, 0.25) is 11.1 Å². The SMILES string of the molecule is Cc1ccccc1Cn1cc(C=C2C(=N)N3N=C(CC(=O)N4CCCCC4)SC3=NC2=O)c2ccccc21. The number of benzene rings is 2. The fraction of sp³-hybridized carbons (Fsp3) is 0.276. The summed E-state index contributed by atoms with van der Waals surface area (Å²) >= 11 is 1.20. The summed E-state index contributed by atoms with van der Waals surface area (Å²) < 4.78 is 2.17. The molecule has 9 heteroatoms. The number of thioether (sulfide) groups is 1. The molecule has 38 heavy (non-hydrogen) atoms. The number of rotatable bonds is 5. The molecule has 1 aromatic heterocycles. The minimum Gasteiger partial charge on any atom is -0.342 e. The number of amidine groups is 2. The van der Waals surface area contributed by atoms with Gasteiger partial charge in [-0.1, -0.05) is 42.5 Å². The normalized spacial score (nSPS) is 18.7. The lowest BCUT2D eigenvalue weighted by Gasteiger charge is -2.26. The van der Waals surface area contributed by atoms with Gasteiger partial charge in [0.05, 0.1) is 12.0 Å². The van der Waals surface area contributed by atoms with Gasteiger partial charge in [-0.15, -0.1) is 0 Å². The first-order valence-corrected chi connectivity index (χ1v) is 13.7. The number of para-hydroxylation sites is 1. The van der Waals surface area contributed by atoms with E-state index in [4.69, 9.17) is 5.41 Å². The lowest BCUT2D eigenvalue weighted by molar-refractivity contribution is -0.130. The summed E-state index contributed by atoms with van der Waals surface area (Å²) in [5, 5.41) is 16.5. The lowest BCUT2D eigenvalue weighted by Crippen LogP contribution is -2.36. The number of nitrogens with zero attached hydrogens (tertiary/aromatic N) is 5. The maximum absolute atomic E-state index is 13.0. The summed E-state index contributed by atoms with van der Waals surface area (Å²) in [5.74, 6) is -0.460. The second-order valence-electron chi connectivity index (χ2n) is 9.79. The number of aryl methyl sites for hydroxylation is 1. The lowest BCUT2D eigenvalue weighted by atomic mass is 10.1. The highest BCUT2D eigenvalue weighted by Gasteiger charge is 2.36. The number of hydrogen-bond donors (Lipinski definition) is 1. The second-order valence-corrected chi connectivity index (χ2v) is 10.8. The van der Waals surface area contributed by atoms with Crippen LogP contribution in [0.1, 0.15) is 42.4 Å². The Balaban J connectivity index is 1.28. The predicted octanol–water partition coefficient (Wildman–Crippen LogP) is 5.02. The third-order valence-electron chi connectivity index (χ3n) is 7.23. The molecule has 3 aliphatic rings. The zero-order valence-corrected chi connectivity index (χ0v) is 22.0. The van der Waals surface area contributed by atoms with Crippen LogP contribution in [0.4, 0.5) is 0 Å². The first kappa shape index (κ1) is 24.4. The van der Waals surface area contributed by atoms with Crippen LogP contribution in [0.2, 0.25) is 0 Å². The first-order valence-electron chi connectivity index (χ1n) is 12.9. The second kappa shape index (κ2) is 10.1. The van der Waals surface area contributed by atoms with Crippen molar-refractivity contribution in [2.75, 3.05) is 13.1 Å². The number of amides is 2. The number of carbonyl (C=O) groups excluding carboxylic acids is 2. The minimum atomic E-state index is -0.469. The van der Waals surface area contributed by atoms with Gasteiger partial charge in [0.1, 0.15) is 5.04 Å². The zero-order chi connectivity index (χ0) is 26.2. The number of fused-ring (bicyclic) bond motifs is 2. The number of hydrazone groups is 1. The van der Waals surface area contributed by atoms with Crippen molar-refractivity contribution >= 4 is 56.6 Å². The van der Waals surface area contributed by atoms with Crippen molar-refractivity contribution in [3.05, 3.63) is 77.0 Å². The van der Waals surface area contributed by atoms with E-state index in [2.05, 4.69) is 39.8 Å². The van der Waals surface area contributed by atoms with Gasteiger partial charge in [0, 0.05) is 42.3 Å². The molecule has 8 nitrogen and oxygen atoms in total. The molecule has 4 heterocycles. The van der Waals surface area contributed by atoms with Crippen LogP contribution in [0, 0.1) is 12.3 Å². The minimum absolute atomic E-state index is 0.0244. The molecule has 3 aromatic rings. The molecule has 0 unspecified atom stereocenters. The quantitative estimate of drug-likeness (QED) is 0.474. The van der Waals surface area contributed by atoms with Crippen LogP contribution in [-0.4, -0.2) is 55.4 Å². The van der Waals surface area contributed by atoms with Gasteiger partial charge in [-0.25, -0.2) is 0 Å². The number of likely N-dealkylation sites (tertiary alicyclic amines) is 1. The molecular formula is C29H28N6O2S. The van der Waals surface area contributed by atoms with Crippen LogP contribution in [0.5, 0.6) is 0 Å². The Labute approximate surface area is 225 Å². The van der Waals surface area contributed by atoms with Crippen molar-refractivity contribution in [1.82, 2.24) is 14.5 Å².